The van der Waals surface area contributed by atoms with Crippen molar-refractivity contribution in [2.45, 2.75) is 26.1 Å². The molecule has 6 heteroatoms. The van der Waals surface area contributed by atoms with Gasteiger partial charge in [-0.25, -0.2) is 4.98 Å². The van der Waals surface area contributed by atoms with Crippen molar-refractivity contribution in [3.8, 4) is 5.75 Å². The van der Waals surface area contributed by atoms with E-state index in [0.717, 1.165) is 42.1 Å². The molecule has 0 unspecified atom stereocenters. The van der Waals surface area contributed by atoms with Gasteiger partial charge in [-0.05, 0) is 23.3 Å². The van der Waals surface area contributed by atoms with Crippen molar-refractivity contribution in [2.75, 3.05) is 19.0 Å². The summed E-state index contributed by atoms with van der Waals surface area (Å²) in [6.07, 6.45) is 0.781. The van der Waals surface area contributed by atoms with E-state index in [1.165, 1.54) is 5.56 Å². The van der Waals surface area contributed by atoms with E-state index in [1.807, 2.05) is 42.5 Å². The van der Waals surface area contributed by atoms with E-state index in [2.05, 4.69) is 32.3 Å². The molecule has 2 heterocycles. The Morgan fingerprint density at radius 3 is 2.64 bits per heavy atom. The highest BCUT2D eigenvalue weighted by Gasteiger charge is 2.21. The van der Waals surface area contributed by atoms with Crippen LogP contribution in [0.1, 0.15) is 22.4 Å². The van der Waals surface area contributed by atoms with Crippen molar-refractivity contribution in [1.82, 2.24) is 14.9 Å². The summed E-state index contributed by atoms with van der Waals surface area (Å²) in [5.41, 5.74) is 3.96. The average Bonchev–Trinajstić information content (AvgIpc) is 2.74. The van der Waals surface area contributed by atoms with Gasteiger partial charge in [0.1, 0.15) is 5.75 Å². The molecule has 1 aromatic heterocycles. The minimum Gasteiger partial charge on any atom is -0.497 e. The van der Waals surface area contributed by atoms with Gasteiger partial charge in [0.2, 0.25) is 5.95 Å². The first-order valence-corrected chi connectivity index (χ1v) is 9.46. The monoisotopic (exact) mass is 376 g/mol. The second kappa shape index (κ2) is 8.27. The maximum Gasteiger partial charge on any atom is 0.257 e. The molecular formula is C22H24N4O2. The standard InChI is InChI=1S/C22H24N4O2/c1-28-18-9-7-16(8-10-18)13-23-22-24-20-11-12-26(15-19(20)21(27)25-22)14-17-5-3-2-4-6-17/h2-10H,11-15H2,1H3,(H2,23,24,25,27). The highest BCUT2D eigenvalue weighted by atomic mass is 16.5. The van der Waals surface area contributed by atoms with Gasteiger partial charge in [-0.15, -0.1) is 0 Å². The number of H-pyrrole nitrogens is 1. The lowest BCUT2D eigenvalue weighted by Gasteiger charge is -2.27. The zero-order chi connectivity index (χ0) is 19.3. The number of rotatable bonds is 6. The fourth-order valence-electron chi connectivity index (χ4n) is 3.47. The van der Waals surface area contributed by atoms with Gasteiger partial charge in [0.25, 0.3) is 5.56 Å². The molecule has 0 saturated heterocycles. The number of aromatic amines is 1. The zero-order valence-electron chi connectivity index (χ0n) is 15.9. The molecule has 0 spiro atoms. The molecule has 4 rings (SSSR count). The molecule has 0 saturated carbocycles. The summed E-state index contributed by atoms with van der Waals surface area (Å²) in [7, 11) is 1.65. The number of ether oxygens (including phenoxy) is 1. The Morgan fingerprint density at radius 2 is 1.89 bits per heavy atom. The quantitative estimate of drug-likeness (QED) is 0.692. The smallest absolute Gasteiger partial charge is 0.257 e. The van der Waals surface area contributed by atoms with E-state index in [9.17, 15) is 4.79 Å². The molecule has 0 atom stereocenters. The Kier molecular flexibility index (Phi) is 5.39. The van der Waals surface area contributed by atoms with Crippen LogP contribution in [0.15, 0.2) is 59.4 Å². The lowest BCUT2D eigenvalue weighted by Crippen LogP contribution is -2.35. The van der Waals surface area contributed by atoms with E-state index in [0.29, 0.717) is 19.0 Å². The Bertz CT molecular complexity index is 984. The van der Waals surface area contributed by atoms with Gasteiger partial charge >= 0.3 is 0 Å². The lowest BCUT2D eigenvalue weighted by molar-refractivity contribution is 0.242. The van der Waals surface area contributed by atoms with Crippen molar-refractivity contribution in [3.05, 3.63) is 87.3 Å². The molecule has 28 heavy (non-hydrogen) atoms. The van der Waals surface area contributed by atoms with Gasteiger partial charge in [-0.3, -0.25) is 14.7 Å². The molecule has 2 N–H and O–H groups in total. The predicted molar refractivity (Wildman–Crippen MR) is 109 cm³/mol. The zero-order valence-corrected chi connectivity index (χ0v) is 15.9. The first-order valence-electron chi connectivity index (χ1n) is 9.46. The van der Waals surface area contributed by atoms with Crippen molar-refractivity contribution in [3.63, 3.8) is 0 Å². The number of hydrogen-bond donors (Lipinski definition) is 2. The largest absolute Gasteiger partial charge is 0.497 e. The van der Waals surface area contributed by atoms with E-state index in [-0.39, 0.29) is 5.56 Å². The molecule has 1 aliphatic heterocycles. The third kappa shape index (κ3) is 4.23. The highest BCUT2D eigenvalue weighted by Crippen LogP contribution is 2.18. The van der Waals surface area contributed by atoms with Crippen molar-refractivity contribution < 1.29 is 4.74 Å². The Hall–Kier alpha value is -3.12. The van der Waals surface area contributed by atoms with Gasteiger partial charge in [0.15, 0.2) is 0 Å². The number of hydrogen-bond acceptors (Lipinski definition) is 5. The number of nitrogens with zero attached hydrogens (tertiary/aromatic N) is 2. The normalized spacial score (nSPS) is 13.8. The van der Waals surface area contributed by atoms with Gasteiger partial charge in [0, 0.05) is 32.6 Å². The summed E-state index contributed by atoms with van der Waals surface area (Å²) >= 11 is 0. The maximum absolute atomic E-state index is 12.6. The summed E-state index contributed by atoms with van der Waals surface area (Å²) < 4.78 is 5.17. The Labute approximate surface area is 164 Å². The molecule has 0 amide bonds. The molecule has 1 aliphatic rings. The van der Waals surface area contributed by atoms with E-state index < -0.39 is 0 Å². The van der Waals surface area contributed by atoms with Crippen molar-refractivity contribution in [1.29, 1.82) is 0 Å². The molecule has 2 aromatic carbocycles. The number of methoxy groups -OCH3 is 1. The molecular weight excluding hydrogens is 352 g/mol. The number of fused-ring (bicyclic) bond motifs is 1. The first-order chi connectivity index (χ1) is 13.7. The first kappa shape index (κ1) is 18.3. The molecule has 0 aliphatic carbocycles. The molecule has 3 aromatic rings. The molecule has 0 bridgehead atoms. The summed E-state index contributed by atoms with van der Waals surface area (Å²) in [4.78, 5) is 22.4. The Morgan fingerprint density at radius 1 is 1.11 bits per heavy atom. The van der Waals surface area contributed by atoms with Crippen LogP contribution < -0.4 is 15.6 Å². The topological polar surface area (TPSA) is 70.2 Å². The van der Waals surface area contributed by atoms with Crippen LogP contribution in [0.2, 0.25) is 0 Å². The summed E-state index contributed by atoms with van der Waals surface area (Å²) in [5, 5.41) is 3.22. The third-order valence-corrected chi connectivity index (χ3v) is 5.02. The van der Waals surface area contributed by atoms with E-state index >= 15 is 0 Å². The number of benzene rings is 2. The molecule has 0 radical (unpaired) electrons. The van der Waals surface area contributed by atoms with Crippen LogP contribution in [0.3, 0.4) is 0 Å². The number of anilines is 1. The second-order valence-electron chi connectivity index (χ2n) is 6.99. The summed E-state index contributed by atoms with van der Waals surface area (Å²) in [6, 6.07) is 18.2. The average molecular weight is 376 g/mol. The molecule has 0 fully saturated rings. The van der Waals surface area contributed by atoms with Crippen LogP contribution in [-0.2, 0) is 26.1 Å². The van der Waals surface area contributed by atoms with Gasteiger partial charge in [-0.1, -0.05) is 42.5 Å². The van der Waals surface area contributed by atoms with Crippen LogP contribution in [0.25, 0.3) is 0 Å². The number of aromatic nitrogens is 2. The van der Waals surface area contributed by atoms with Crippen LogP contribution in [0, 0.1) is 0 Å². The number of nitrogens with one attached hydrogen (secondary N) is 2. The van der Waals surface area contributed by atoms with Gasteiger partial charge < -0.3 is 10.1 Å². The molecule has 6 nitrogen and oxygen atoms in total. The van der Waals surface area contributed by atoms with E-state index in [4.69, 9.17) is 4.74 Å². The second-order valence-corrected chi connectivity index (χ2v) is 6.99. The summed E-state index contributed by atoms with van der Waals surface area (Å²) in [5.74, 6) is 1.35. The maximum atomic E-state index is 12.6. The van der Waals surface area contributed by atoms with Crippen LogP contribution >= 0.6 is 0 Å². The fourth-order valence-corrected chi connectivity index (χ4v) is 3.47. The van der Waals surface area contributed by atoms with Crippen molar-refractivity contribution in [2.24, 2.45) is 0 Å². The van der Waals surface area contributed by atoms with E-state index in [1.54, 1.807) is 7.11 Å². The Balaban J connectivity index is 1.42. The highest BCUT2D eigenvalue weighted by molar-refractivity contribution is 5.34. The minimum atomic E-state index is -0.0556. The van der Waals surface area contributed by atoms with Crippen molar-refractivity contribution >= 4 is 5.95 Å². The predicted octanol–water partition coefficient (Wildman–Crippen LogP) is 2.95. The minimum absolute atomic E-state index is 0.0556. The lowest BCUT2D eigenvalue weighted by atomic mass is 10.1. The van der Waals surface area contributed by atoms with Gasteiger partial charge in [-0.2, -0.15) is 0 Å². The van der Waals surface area contributed by atoms with Crippen LogP contribution in [0.5, 0.6) is 5.75 Å². The van der Waals surface area contributed by atoms with Crippen LogP contribution in [-0.4, -0.2) is 28.5 Å². The fraction of sp³-hybridized carbons (Fsp3) is 0.273. The SMILES string of the molecule is COc1ccc(CNc2nc3c(c(=O)[nH]2)CN(Cc2ccccc2)CC3)cc1. The summed E-state index contributed by atoms with van der Waals surface area (Å²) in [6.45, 7) is 2.96. The van der Waals surface area contributed by atoms with Crippen LogP contribution in [0.4, 0.5) is 5.95 Å². The molecule has 144 valence electrons. The third-order valence-electron chi connectivity index (χ3n) is 5.02. The van der Waals surface area contributed by atoms with Gasteiger partial charge in [0.05, 0.1) is 18.4 Å².